The Morgan fingerprint density at radius 2 is 1.97 bits per heavy atom. The molecule has 2 aromatic heterocycles. The van der Waals surface area contributed by atoms with Gasteiger partial charge in [0.2, 0.25) is 0 Å². The predicted molar refractivity (Wildman–Crippen MR) is 129 cm³/mol. The Labute approximate surface area is 206 Å². The number of primary amides is 1. The standard InChI is InChI=1S/C21H24ClN5O4.CH3NO2/c1-14(2)27(9-5-19-25-21(29)31-26-19)20(28)15-11-16(22)13-18(12-15)30-10-8-24-17-3-6-23-7-4-17;2-1(3)4/h3-4,6-7,11-14H,5,8-10H2,1-2H3,(H,23,24)(H,25,26,29);2H2,(H,3,4). The molecule has 12 nitrogen and oxygen atoms in total. The second-order valence-electron chi connectivity index (χ2n) is 7.41. The summed E-state index contributed by atoms with van der Waals surface area (Å²) in [6.45, 7) is 5.15. The normalized spacial score (nSPS) is 10.3. The molecule has 0 aliphatic rings. The van der Waals surface area contributed by atoms with E-state index in [0.717, 1.165) is 5.69 Å². The smallest absolute Gasteiger partial charge is 0.438 e. The van der Waals surface area contributed by atoms with Crippen molar-refractivity contribution in [2.75, 3.05) is 25.0 Å². The summed E-state index contributed by atoms with van der Waals surface area (Å²) < 4.78 is 10.3. The Kier molecular flexibility index (Phi) is 10.6. The number of aromatic amines is 1. The van der Waals surface area contributed by atoms with E-state index in [4.69, 9.17) is 26.2 Å². The minimum absolute atomic E-state index is 0.0703. The zero-order valence-electron chi connectivity index (χ0n) is 19.2. The van der Waals surface area contributed by atoms with Gasteiger partial charge < -0.3 is 25.8 Å². The predicted octanol–water partition coefficient (Wildman–Crippen LogP) is 2.62. The number of H-pyrrole nitrogens is 1. The summed E-state index contributed by atoms with van der Waals surface area (Å²) >= 11 is 6.23. The van der Waals surface area contributed by atoms with Crippen molar-refractivity contribution in [3.05, 3.63) is 69.7 Å². The van der Waals surface area contributed by atoms with Crippen LogP contribution in [0.1, 0.15) is 30.0 Å². The van der Waals surface area contributed by atoms with Crippen molar-refractivity contribution in [2.45, 2.75) is 26.3 Å². The van der Waals surface area contributed by atoms with Crippen LogP contribution in [-0.2, 0) is 6.42 Å². The van der Waals surface area contributed by atoms with Crippen molar-refractivity contribution in [3.63, 3.8) is 0 Å². The van der Waals surface area contributed by atoms with Crippen LogP contribution in [0.25, 0.3) is 0 Å². The summed E-state index contributed by atoms with van der Waals surface area (Å²) in [5.41, 5.74) is 5.40. The van der Waals surface area contributed by atoms with Crippen molar-refractivity contribution < 1.29 is 24.0 Å². The lowest BCUT2D eigenvalue weighted by Gasteiger charge is -2.26. The minimum atomic E-state index is -1.33. The lowest BCUT2D eigenvalue weighted by Crippen LogP contribution is -2.38. The first kappa shape index (κ1) is 27.2. The molecule has 0 unspecified atom stereocenters. The number of amides is 2. The molecule has 0 aliphatic carbocycles. The SMILES string of the molecule is CC(C)N(CCc1noc(=O)[nH]1)C(=O)c1cc(Cl)cc(OCCNc2ccncc2)c1.NC(=O)O. The zero-order chi connectivity index (χ0) is 25.8. The zero-order valence-corrected chi connectivity index (χ0v) is 20.0. The molecule has 2 amide bonds. The van der Waals surface area contributed by atoms with Gasteiger partial charge in [-0.15, -0.1) is 0 Å². The topological polar surface area (TPSA) is 177 Å². The Morgan fingerprint density at radius 1 is 1.29 bits per heavy atom. The minimum Gasteiger partial charge on any atom is -0.492 e. The maximum absolute atomic E-state index is 13.1. The lowest BCUT2D eigenvalue weighted by molar-refractivity contribution is 0.0706. The highest BCUT2D eigenvalue weighted by Gasteiger charge is 2.20. The first-order valence-corrected chi connectivity index (χ1v) is 10.9. The number of ether oxygens (including phenoxy) is 1. The average molecular weight is 507 g/mol. The number of carbonyl (C=O) groups excluding carboxylic acids is 1. The first-order chi connectivity index (χ1) is 16.7. The lowest BCUT2D eigenvalue weighted by atomic mass is 10.1. The summed E-state index contributed by atoms with van der Waals surface area (Å²) in [5, 5.41) is 14.5. The summed E-state index contributed by atoms with van der Waals surface area (Å²) in [7, 11) is 0. The number of nitrogens with one attached hydrogen (secondary N) is 2. The van der Waals surface area contributed by atoms with E-state index in [0.29, 0.717) is 48.3 Å². The van der Waals surface area contributed by atoms with Crippen LogP contribution in [0, 0.1) is 0 Å². The molecule has 3 rings (SSSR count). The molecule has 0 saturated carbocycles. The van der Waals surface area contributed by atoms with Gasteiger partial charge in [0.15, 0.2) is 5.82 Å². The van der Waals surface area contributed by atoms with Gasteiger partial charge in [-0.3, -0.25) is 19.3 Å². The number of hydrogen-bond donors (Lipinski definition) is 4. The van der Waals surface area contributed by atoms with Gasteiger partial charge in [0.05, 0.1) is 0 Å². The van der Waals surface area contributed by atoms with Crippen LogP contribution in [0.2, 0.25) is 5.02 Å². The number of nitrogens with zero attached hydrogens (tertiary/aromatic N) is 3. The van der Waals surface area contributed by atoms with E-state index in [1.807, 2.05) is 26.0 Å². The number of carbonyl (C=O) groups is 2. The van der Waals surface area contributed by atoms with E-state index >= 15 is 0 Å². The molecule has 0 fully saturated rings. The summed E-state index contributed by atoms with van der Waals surface area (Å²) in [6, 6.07) is 8.62. The van der Waals surface area contributed by atoms with Gasteiger partial charge in [0, 0.05) is 54.2 Å². The average Bonchev–Trinajstić information content (AvgIpc) is 3.21. The monoisotopic (exact) mass is 506 g/mol. The molecule has 0 bridgehead atoms. The van der Waals surface area contributed by atoms with Gasteiger partial charge in [-0.05, 0) is 44.2 Å². The molecule has 0 saturated heterocycles. The second kappa shape index (κ2) is 13.6. The first-order valence-electron chi connectivity index (χ1n) is 10.6. The van der Waals surface area contributed by atoms with Crippen molar-refractivity contribution in [3.8, 4) is 5.75 Å². The number of hydrogen-bond acceptors (Lipinski definition) is 8. The molecular formula is C22H27ClN6O6. The number of halogens is 1. The third-order valence-electron chi connectivity index (χ3n) is 4.46. The molecule has 3 aromatic rings. The molecular weight excluding hydrogens is 480 g/mol. The molecule has 0 atom stereocenters. The fourth-order valence-electron chi connectivity index (χ4n) is 2.96. The Bertz CT molecular complexity index is 1150. The summed E-state index contributed by atoms with van der Waals surface area (Å²) in [4.78, 5) is 41.1. The molecule has 35 heavy (non-hydrogen) atoms. The number of benzene rings is 1. The maximum atomic E-state index is 13.1. The van der Waals surface area contributed by atoms with Gasteiger partial charge in [0.25, 0.3) is 5.91 Å². The largest absolute Gasteiger partial charge is 0.492 e. The Morgan fingerprint density at radius 3 is 2.57 bits per heavy atom. The van der Waals surface area contributed by atoms with Gasteiger partial charge in [-0.2, -0.15) is 0 Å². The Hall–Kier alpha value is -4.06. The molecule has 13 heteroatoms. The number of carboxylic acid groups (broad SMARTS) is 1. The number of aromatic nitrogens is 3. The van der Waals surface area contributed by atoms with Crippen LogP contribution in [0.15, 0.2) is 52.0 Å². The molecule has 0 spiro atoms. The molecule has 5 N–H and O–H groups in total. The molecule has 0 aliphatic heterocycles. The quantitative estimate of drug-likeness (QED) is 0.301. The van der Waals surface area contributed by atoms with Crippen molar-refractivity contribution in [2.24, 2.45) is 5.73 Å². The summed E-state index contributed by atoms with van der Waals surface area (Å²) in [6.07, 6.45) is 2.44. The van der Waals surface area contributed by atoms with E-state index in [2.05, 4.69) is 30.7 Å². The van der Waals surface area contributed by atoms with Crippen LogP contribution < -0.4 is 21.5 Å². The van der Waals surface area contributed by atoms with Crippen LogP contribution in [0.3, 0.4) is 0 Å². The fourth-order valence-corrected chi connectivity index (χ4v) is 3.18. The van der Waals surface area contributed by atoms with Gasteiger partial charge in [0.1, 0.15) is 12.4 Å². The van der Waals surface area contributed by atoms with Crippen molar-refractivity contribution >= 4 is 29.3 Å². The van der Waals surface area contributed by atoms with E-state index in [9.17, 15) is 9.59 Å². The van der Waals surface area contributed by atoms with Gasteiger partial charge in [-0.1, -0.05) is 16.8 Å². The highest BCUT2D eigenvalue weighted by atomic mass is 35.5. The highest BCUT2D eigenvalue weighted by molar-refractivity contribution is 6.31. The number of pyridine rings is 1. The van der Waals surface area contributed by atoms with E-state index in [1.165, 1.54) is 0 Å². The van der Waals surface area contributed by atoms with Crippen LogP contribution in [0.5, 0.6) is 5.75 Å². The number of rotatable bonds is 10. The third-order valence-corrected chi connectivity index (χ3v) is 4.68. The van der Waals surface area contributed by atoms with E-state index in [1.54, 1.807) is 35.5 Å². The molecule has 2 heterocycles. The van der Waals surface area contributed by atoms with E-state index < -0.39 is 11.8 Å². The fraction of sp³-hybridized carbons (Fsp3) is 0.318. The van der Waals surface area contributed by atoms with Crippen molar-refractivity contribution in [1.29, 1.82) is 0 Å². The van der Waals surface area contributed by atoms with Crippen LogP contribution in [0.4, 0.5) is 10.5 Å². The van der Waals surface area contributed by atoms with Gasteiger partial charge >= 0.3 is 11.8 Å². The molecule has 188 valence electrons. The van der Waals surface area contributed by atoms with Crippen LogP contribution in [-0.4, -0.2) is 62.9 Å². The second-order valence-corrected chi connectivity index (χ2v) is 7.85. The maximum Gasteiger partial charge on any atom is 0.438 e. The van der Waals surface area contributed by atoms with E-state index in [-0.39, 0.29) is 11.9 Å². The number of anilines is 1. The number of nitrogens with two attached hydrogens (primary N) is 1. The van der Waals surface area contributed by atoms with Crippen LogP contribution >= 0.6 is 11.6 Å². The Balaban J connectivity index is 0.00000100. The van der Waals surface area contributed by atoms with Gasteiger partial charge in [-0.25, -0.2) is 9.59 Å². The van der Waals surface area contributed by atoms with Crippen molar-refractivity contribution in [1.82, 2.24) is 20.0 Å². The molecule has 1 aromatic carbocycles. The molecule has 0 radical (unpaired) electrons. The third kappa shape index (κ3) is 9.76. The highest BCUT2D eigenvalue weighted by Crippen LogP contribution is 2.23. The summed E-state index contributed by atoms with van der Waals surface area (Å²) in [5.74, 6) is 0.0905.